The topological polar surface area (TPSA) is 49.8 Å². The number of carbonyl (C=O) groups excluding carboxylic acids is 1. The minimum Gasteiger partial charge on any atom is -0.468 e. The third-order valence-electron chi connectivity index (χ3n) is 3.68. The summed E-state index contributed by atoms with van der Waals surface area (Å²) in [6, 6.07) is -0.0773. The predicted octanol–water partition coefficient (Wildman–Crippen LogP) is 1.20. The molecule has 0 radical (unpaired) electrons. The first-order chi connectivity index (χ1) is 8.01. The Morgan fingerprint density at radius 1 is 1.65 bits per heavy atom. The van der Waals surface area contributed by atoms with E-state index in [1.54, 1.807) is 0 Å². The van der Waals surface area contributed by atoms with E-state index in [2.05, 4.69) is 20.4 Å². The smallest absolute Gasteiger partial charge is 0.323 e. The minimum absolute atomic E-state index is 0.231. The number of carbonyl (C=O) groups is 1. The Morgan fingerprint density at radius 2 is 2.29 bits per heavy atom. The van der Waals surface area contributed by atoms with Gasteiger partial charge in [-0.1, -0.05) is 13.0 Å². The van der Waals surface area contributed by atoms with Crippen molar-refractivity contribution < 1.29 is 14.6 Å². The molecule has 17 heavy (non-hydrogen) atoms. The van der Waals surface area contributed by atoms with Crippen LogP contribution in [0, 0.1) is 5.92 Å². The lowest BCUT2D eigenvalue weighted by Gasteiger charge is -2.32. The number of allylic oxidation sites excluding steroid dienone is 1. The molecular weight excluding hydrogens is 218 g/mol. The maximum absolute atomic E-state index is 11.7. The number of likely N-dealkylation sites (tertiary alicyclic amines) is 1. The molecule has 98 valence electrons. The Kier molecular flexibility index (Phi) is 5.15. The zero-order valence-corrected chi connectivity index (χ0v) is 10.9. The molecule has 4 atom stereocenters. The van der Waals surface area contributed by atoms with Gasteiger partial charge in [-0.2, -0.15) is 0 Å². The molecule has 0 aliphatic carbocycles. The lowest BCUT2D eigenvalue weighted by Crippen LogP contribution is -2.45. The molecule has 1 aliphatic heterocycles. The molecule has 0 aromatic carbocycles. The van der Waals surface area contributed by atoms with E-state index < -0.39 is 6.10 Å². The summed E-state index contributed by atoms with van der Waals surface area (Å²) in [5.41, 5.74) is 0. The van der Waals surface area contributed by atoms with Gasteiger partial charge in [0.05, 0.1) is 13.2 Å². The Hall–Kier alpha value is -0.870. The average Bonchev–Trinajstić information content (AvgIpc) is 2.69. The van der Waals surface area contributed by atoms with Gasteiger partial charge in [0, 0.05) is 19.0 Å². The molecule has 0 saturated carbocycles. The fraction of sp³-hybridized carbons (Fsp3) is 0.769. The number of β-amino-alcohol motifs (C(OH)–C–C–N with tert-alkyl or cyclic N) is 1. The first-order valence-electron chi connectivity index (χ1n) is 6.13. The van der Waals surface area contributed by atoms with Crippen LogP contribution < -0.4 is 0 Å². The Labute approximate surface area is 103 Å². The van der Waals surface area contributed by atoms with Gasteiger partial charge in [0.25, 0.3) is 0 Å². The van der Waals surface area contributed by atoms with E-state index in [0.717, 1.165) is 6.42 Å². The Morgan fingerprint density at radius 3 is 2.82 bits per heavy atom. The number of hydrogen-bond donors (Lipinski definition) is 1. The van der Waals surface area contributed by atoms with Crippen LogP contribution in [0.3, 0.4) is 0 Å². The monoisotopic (exact) mass is 241 g/mol. The maximum Gasteiger partial charge on any atom is 0.323 e. The highest BCUT2D eigenvalue weighted by Crippen LogP contribution is 2.26. The summed E-state index contributed by atoms with van der Waals surface area (Å²) in [6.07, 6.45) is 2.83. The first kappa shape index (κ1) is 14.2. The SMILES string of the molecule is C=CC[C@@H](C)[C@@H](C)N1C[C@H](O)C[C@H]1C(=O)OC. The van der Waals surface area contributed by atoms with Crippen molar-refractivity contribution in [2.24, 2.45) is 5.92 Å². The molecule has 4 heteroatoms. The molecule has 0 aromatic rings. The molecule has 0 aromatic heterocycles. The highest BCUT2D eigenvalue weighted by atomic mass is 16.5. The van der Waals surface area contributed by atoms with Crippen molar-refractivity contribution in [1.29, 1.82) is 0 Å². The number of esters is 1. The van der Waals surface area contributed by atoms with E-state index in [1.165, 1.54) is 7.11 Å². The van der Waals surface area contributed by atoms with Crippen molar-refractivity contribution in [3.05, 3.63) is 12.7 Å². The Balaban J connectivity index is 2.72. The lowest BCUT2D eigenvalue weighted by molar-refractivity contribution is -0.146. The van der Waals surface area contributed by atoms with Crippen LogP contribution in [0.1, 0.15) is 26.7 Å². The fourth-order valence-corrected chi connectivity index (χ4v) is 2.44. The van der Waals surface area contributed by atoms with Crippen LogP contribution in [0.2, 0.25) is 0 Å². The molecule has 1 N–H and O–H groups in total. The summed E-state index contributed by atoms with van der Waals surface area (Å²) in [5.74, 6) is 0.157. The van der Waals surface area contributed by atoms with Gasteiger partial charge < -0.3 is 9.84 Å². The molecule has 1 aliphatic rings. The lowest BCUT2D eigenvalue weighted by atomic mass is 9.98. The standard InChI is InChI=1S/C13H23NO3/c1-5-6-9(2)10(3)14-8-11(15)7-12(14)13(16)17-4/h5,9-12,15H,1,6-8H2,2-4H3/t9-,10-,11-,12+/m1/s1. The van der Waals surface area contributed by atoms with Gasteiger partial charge in [-0.3, -0.25) is 9.69 Å². The number of aliphatic hydroxyl groups excluding tert-OH is 1. The molecule has 1 fully saturated rings. The second kappa shape index (κ2) is 6.17. The highest BCUT2D eigenvalue weighted by molar-refractivity contribution is 5.76. The summed E-state index contributed by atoms with van der Waals surface area (Å²) in [4.78, 5) is 13.7. The second-order valence-corrected chi connectivity index (χ2v) is 4.87. The van der Waals surface area contributed by atoms with Crippen molar-refractivity contribution in [1.82, 2.24) is 4.90 Å². The largest absolute Gasteiger partial charge is 0.468 e. The van der Waals surface area contributed by atoms with Crippen LogP contribution in [0.5, 0.6) is 0 Å². The zero-order chi connectivity index (χ0) is 13.0. The maximum atomic E-state index is 11.7. The van der Waals surface area contributed by atoms with Crippen LogP contribution >= 0.6 is 0 Å². The van der Waals surface area contributed by atoms with Crippen molar-refractivity contribution in [3.8, 4) is 0 Å². The van der Waals surface area contributed by atoms with E-state index in [-0.39, 0.29) is 18.1 Å². The van der Waals surface area contributed by atoms with E-state index >= 15 is 0 Å². The van der Waals surface area contributed by atoms with Gasteiger partial charge in [0.1, 0.15) is 6.04 Å². The molecule has 4 nitrogen and oxygen atoms in total. The fourth-order valence-electron chi connectivity index (χ4n) is 2.44. The number of nitrogens with zero attached hydrogens (tertiary/aromatic N) is 1. The summed E-state index contributed by atoms with van der Waals surface area (Å²) >= 11 is 0. The number of methoxy groups -OCH3 is 1. The molecule has 1 rings (SSSR count). The van der Waals surface area contributed by atoms with Crippen LogP contribution in [0.4, 0.5) is 0 Å². The van der Waals surface area contributed by atoms with Gasteiger partial charge >= 0.3 is 5.97 Å². The van der Waals surface area contributed by atoms with Crippen LogP contribution in [0.15, 0.2) is 12.7 Å². The molecular formula is C13H23NO3. The zero-order valence-electron chi connectivity index (χ0n) is 10.9. The third kappa shape index (κ3) is 3.30. The molecule has 0 spiro atoms. The summed E-state index contributed by atoms with van der Waals surface area (Å²) in [6.45, 7) is 8.50. The van der Waals surface area contributed by atoms with Crippen LogP contribution in [0.25, 0.3) is 0 Å². The van der Waals surface area contributed by atoms with Crippen molar-refractivity contribution in [3.63, 3.8) is 0 Å². The van der Waals surface area contributed by atoms with E-state index in [0.29, 0.717) is 18.9 Å². The van der Waals surface area contributed by atoms with E-state index in [1.807, 2.05) is 11.0 Å². The number of rotatable bonds is 5. The van der Waals surface area contributed by atoms with Crippen molar-refractivity contribution in [2.75, 3.05) is 13.7 Å². The minimum atomic E-state index is -0.433. The van der Waals surface area contributed by atoms with Crippen molar-refractivity contribution >= 4 is 5.97 Å². The Bertz CT molecular complexity index is 280. The summed E-state index contributed by atoms with van der Waals surface area (Å²) < 4.78 is 4.79. The van der Waals surface area contributed by atoms with Gasteiger partial charge in [0.2, 0.25) is 0 Å². The molecule has 0 unspecified atom stereocenters. The quantitative estimate of drug-likeness (QED) is 0.580. The highest BCUT2D eigenvalue weighted by Gasteiger charge is 2.40. The van der Waals surface area contributed by atoms with Crippen LogP contribution in [-0.4, -0.2) is 47.8 Å². The average molecular weight is 241 g/mol. The van der Waals surface area contributed by atoms with Gasteiger partial charge in [-0.25, -0.2) is 0 Å². The van der Waals surface area contributed by atoms with Gasteiger partial charge in [-0.05, 0) is 19.3 Å². The molecule has 1 saturated heterocycles. The third-order valence-corrected chi connectivity index (χ3v) is 3.68. The van der Waals surface area contributed by atoms with Gasteiger partial charge in [-0.15, -0.1) is 6.58 Å². The van der Waals surface area contributed by atoms with E-state index in [4.69, 9.17) is 4.74 Å². The summed E-state index contributed by atoms with van der Waals surface area (Å²) in [7, 11) is 1.39. The second-order valence-electron chi connectivity index (χ2n) is 4.87. The molecule has 0 bridgehead atoms. The molecule has 1 heterocycles. The van der Waals surface area contributed by atoms with E-state index in [9.17, 15) is 9.90 Å². The first-order valence-corrected chi connectivity index (χ1v) is 6.13. The summed E-state index contributed by atoms with van der Waals surface area (Å²) in [5, 5.41) is 9.71. The van der Waals surface area contributed by atoms with Crippen molar-refractivity contribution in [2.45, 2.75) is 44.9 Å². The normalized spacial score (nSPS) is 28.7. The number of ether oxygens (including phenoxy) is 1. The van der Waals surface area contributed by atoms with Gasteiger partial charge in [0.15, 0.2) is 0 Å². The number of hydrogen-bond acceptors (Lipinski definition) is 4. The van der Waals surface area contributed by atoms with Crippen LogP contribution in [-0.2, 0) is 9.53 Å². The number of aliphatic hydroxyl groups is 1. The predicted molar refractivity (Wildman–Crippen MR) is 66.6 cm³/mol. The molecule has 0 amide bonds.